The summed E-state index contributed by atoms with van der Waals surface area (Å²) in [4.78, 5) is 0. The Morgan fingerprint density at radius 1 is 0.520 bits per heavy atom. The van der Waals surface area contributed by atoms with E-state index in [2.05, 4.69) is 0 Å². The fraction of sp³-hybridized carbons (Fsp3) is 0. The molecular weight excluding hydrogens is 312 g/mol. The Labute approximate surface area is 146 Å². The summed E-state index contributed by atoms with van der Waals surface area (Å²) in [5.74, 6) is 0.922. The molecule has 0 fully saturated rings. The Morgan fingerprint density at radius 2 is 0.960 bits per heavy atom. The van der Waals surface area contributed by atoms with Crippen LogP contribution < -0.4 is 0 Å². The van der Waals surface area contributed by atoms with Gasteiger partial charge in [0, 0.05) is 12.1 Å². The van der Waals surface area contributed by atoms with E-state index < -0.39 is 0 Å². The number of rotatable bonds is 4. The zero-order valence-electron chi connectivity index (χ0n) is 13.6. The third kappa shape index (κ3) is 4.75. The van der Waals surface area contributed by atoms with Crippen LogP contribution in [0.15, 0.2) is 66.7 Å². The lowest BCUT2D eigenvalue weighted by Crippen LogP contribution is -1.78. The molecule has 0 aromatic heterocycles. The number of phenolic OH excluding ortho intramolecular Hbond substituents is 2. The maximum absolute atomic E-state index is 9.94. The highest BCUT2D eigenvalue weighted by Crippen LogP contribution is 2.21. The van der Waals surface area contributed by atoms with E-state index >= 15 is 0 Å². The summed E-state index contributed by atoms with van der Waals surface area (Å²) in [6.45, 7) is 0. The molecule has 0 saturated carbocycles. The lowest BCUT2D eigenvalue weighted by atomic mass is 10.1. The second-order valence-electron chi connectivity index (χ2n) is 5.74. The van der Waals surface area contributed by atoms with E-state index in [-0.39, 0.29) is 11.5 Å². The van der Waals surface area contributed by atoms with Gasteiger partial charge in [-0.15, -0.1) is 0 Å². The van der Waals surface area contributed by atoms with Crippen LogP contribution in [0.1, 0.15) is 22.3 Å². The molecule has 3 rings (SSSR count). The molecule has 3 heteroatoms. The van der Waals surface area contributed by atoms with Crippen LogP contribution in [-0.2, 0) is 0 Å². The maximum Gasteiger partial charge on any atom is 0.253 e. The molecule has 0 amide bonds. The van der Waals surface area contributed by atoms with E-state index in [1.807, 2.05) is 54.6 Å². The topological polar surface area (TPSA) is 63.4 Å². The largest absolute Gasteiger partial charge is 0.593 e. The first kappa shape index (κ1) is 16.4. The Kier molecular flexibility index (Phi) is 4.86. The number of hydrogen-bond acceptors (Lipinski definition) is 2. The third-order valence-electron chi connectivity index (χ3n) is 3.70. The molecule has 124 valence electrons. The van der Waals surface area contributed by atoms with Crippen molar-refractivity contribution in [1.29, 1.82) is 0 Å². The Morgan fingerprint density at radius 3 is 1.48 bits per heavy atom. The predicted octanol–water partition coefficient (Wildman–Crippen LogP) is 4.88. The Bertz CT molecular complexity index is 831. The first-order chi connectivity index (χ1) is 12.1. The molecule has 0 unspecified atom stereocenters. The summed E-state index contributed by atoms with van der Waals surface area (Å²) < 4.78 is 0. The molecular formula is C22H19O3+. The summed E-state index contributed by atoms with van der Waals surface area (Å²) >= 11 is 0. The molecule has 3 aromatic rings. The molecule has 25 heavy (non-hydrogen) atoms. The SMILES string of the molecule is Oc1ccc(/C=C/c2cc(O)cc(/C=C/c3ccc([OH2+])cc3)c2)cc1. The van der Waals surface area contributed by atoms with Crippen molar-refractivity contribution in [2.45, 2.75) is 0 Å². The minimum Gasteiger partial charge on any atom is -0.593 e. The van der Waals surface area contributed by atoms with Crippen LogP contribution >= 0.6 is 0 Å². The van der Waals surface area contributed by atoms with Gasteiger partial charge in [-0.2, -0.15) is 0 Å². The average molecular weight is 331 g/mol. The molecule has 0 aliphatic carbocycles. The summed E-state index contributed by atoms with van der Waals surface area (Å²) in [5, 5.41) is 26.7. The van der Waals surface area contributed by atoms with E-state index in [1.54, 1.807) is 36.4 Å². The van der Waals surface area contributed by atoms with E-state index in [9.17, 15) is 10.2 Å². The molecule has 0 radical (unpaired) electrons. The van der Waals surface area contributed by atoms with Crippen molar-refractivity contribution in [3.63, 3.8) is 0 Å². The van der Waals surface area contributed by atoms with Gasteiger partial charge in [0.15, 0.2) is 0 Å². The van der Waals surface area contributed by atoms with Crippen molar-refractivity contribution in [3.05, 3.63) is 89.0 Å². The second-order valence-corrected chi connectivity index (χ2v) is 5.74. The van der Waals surface area contributed by atoms with Crippen LogP contribution in [-0.4, -0.2) is 15.3 Å². The quantitative estimate of drug-likeness (QED) is 0.529. The first-order valence-electron chi connectivity index (χ1n) is 7.89. The van der Waals surface area contributed by atoms with Gasteiger partial charge in [0.1, 0.15) is 11.5 Å². The number of aromatic hydroxyl groups is 2. The summed E-state index contributed by atoms with van der Waals surface area (Å²) in [7, 11) is 0. The van der Waals surface area contributed by atoms with E-state index in [0.29, 0.717) is 5.75 Å². The predicted molar refractivity (Wildman–Crippen MR) is 104 cm³/mol. The zero-order valence-corrected chi connectivity index (χ0v) is 13.6. The van der Waals surface area contributed by atoms with Crippen molar-refractivity contribution in [1.82, 2.24) is 0 Å². The number of benzene rings is 3. The van der Waals surface area contributed by atoms with E-state index in [0.717, 1.165) is 22.3 Å². The van der Waals surface area contributed by atoms with Gasteiger partial charge >= 0.3 is 0 Å². The van der Waals surface area contributed by atoms with Crippen LogP contribution in [0.25, 0.3) is 24.3 Å². The summed E-state index contributed by atoms with van der Waals surface area (Å²) in [5.41, 5.74) is 3.74. The molecule has 4 N–H and O–H groups in total. The Balaban J connectivity index is 1.80. The minimum atomic E-state index is 0.203. The summed E-state index contributed by atoms with van der Waals surface area (Å²) in [6, 6.07) is 19.6. The monoisotopic (exact) mass is 331 g/mol. The average Bonchev–Trinajstić information content (AvgIpc) is 2.60. The van der Waals surface area contributed by atoms with Gasteiger partial charge in [-0.3, -0.25) is 0 Å². The van der Waals surface area contributed by atoms with Gasteiger partial charge in [-0.25, -0.2) is 0 Å². The van der Waals surface area contributed by atoms with E-state index in [1.165, 1.54) is 0 Å². The highest BCUT2D eigenvalue weighted by atomic mass is 16.3. The third-order valence-corrected chi connectivity index (χ3v) is 3.70. The maximum atomic E-state index is 9.94. The minimum absolute atomic E-state index is 0.203. The molecule has 3 nitrogen and oxygen atoms in total. The molecule has 0 spiro atoms. The molecule has 0 atom stereocenters. The summed E-state index contributed by atoms with van der Waals surface area (Å²) in [6.07, 6.45) is 7.71. The van der Waals surface area contributed by atoms with Gasteiger partial charge < -0.3 is 15.3 Å². The molecule has 0 aliphatic heterocycles. The fourth-order valence-corrected chi connectivity index (χ4v) is 2.42. The molecule has 0 saturated heterocycles. The van der Waals surface area contributed by atoms with Crippen LogP contribution in [0, 0.1) is 0 Å². The van der Waals surface area contributed by atoms with Crippen molar-refractivity contribution < 1.29 is 15.3 Å². The van der Waals surface area contributed by atoms with Crippen molar-refractivity contribution in [2.24, 2.45) is 0 Å². The zero-order chi connectivity index (χ0) is 17.6. The molecule has 0 heterocycles. The van der Waals surface area contributed by atoms with Gasteiger partial charge in [0.25, 0.3) is 5.75 Å². The highest BCUT2D eigenvalue weighted by Gasteiger charge is 1.97. The lowest BCUT2D eigenvalue weighted by molar-refractivity contribution is 0.474. The lowest BCUT2D eigenvalue weighted by Gasteiger charge is -2.01. The number of phenols is 2. The molecule has 0 bridgehead atoms. The molecule has 0 aliphatic rings. The van der Waals surface area contributed by atoms with Crippen molar-refractivity contribution in [2.75, 3.05) is 0 Å². The second kappa shape index (κ2) is 7.41. The molecule has 3 aromatic carbocycles. The van der Waals surface area contributed by atoms with Crippen LogP contribution in [0.4, 0.5) is 0 Å². The smallest absolute Gasteiger partial charge is 0.253 e. The first-order valence-corrected chi connectivity index (χ1v) is 7.89. The van der Waals surface area contributed by atoms with Gasteiger partial charge in [0.05, 0.1) is 0 Å². The van der Waals surface area contributed by atoms with E-state index in [4.69, 9.17) is 5.11 Å². The van der Waals surface area contributed by atoms with Crippen LogP contribution in [0.5, 0.6) is 17.2 Å². The van der Waals surface area contributed by atoms with Crippen molar-refractivity contribution >= 4 is 24.3 Å². The van der Waals surface area contributed by atoms with Gasteiger partial charge in [-0.05, 0) is 64.7 Å². The highest BCUT2D eigenvalue weighted by molar-refractivity contribution is 5.75. The van der Waals surface area contributed by atoms with Gasteiger partial charge in [-0.1, -0.05) is 36.4 Å². The Hall–Kier alpha value is -3.46. The fourth-order valence-electron chi connectivity index (χ4n) is 2.42. The van der Waals surface area contributed by atoms with Gasteiger partial charge in [0.2, 0.25) is 0 Å². The van der Waals surface area contributed by atoms with Crippen LogP contribution in [0.3, 0.4) is 0 Å². The normalized spacial score (nSPS) is 11.4. The van der Waals surface area contributed by atoms with Crippen molar-refractivity contribution in [3.8, 4) is 17.2 Å². The van der Waals surface area contributed by atoms with Crippen LogP contribution in [0.2, 0.25) is 0 Å². The standard InChI is InChI=1S/C22H18O3/c23-20-9-5-16(6-10-20)1-3-18-13-19(15-22(25)14-18)4-2-17-7-11-21(24)12-8-17/h1-15,23-25H/p+1/b3-1+,4-2+. The number of hydrogen-bond donors (Lipinski definition) is 2.